The zero-order valence-corrected chi connectivity index (χ0v) is 11.4. The molecule has 2 aromatic rings. The average Bonchev–Trinajstić information content (AvgIpc) is 3.03. The van der Waals surface area contributed by atoms with Gasteiger partial charge in [-0.2, -0.15) is 4.98 Å². The number of nitrogens with zero attached hydrogens (tertiary/aromatic N) is 2. The van der Waals surface area contributed by atoms with Crippen LogP contribution in [0.4, 0.5) is 5.82 Å². The molecule has 0 saturated carbocycles. The Bertz CT molecular complexity index is 507. The zero-order valence-electron chi connectivity index (χ0n) is 11.4. The third-order valence-electron chi connectivity index (χ3n) is 3.49. The van der Waals surface area contributed by atoms with Gasteiger partial charge in [0.2, 0.25) is 0 Å². The minimum absolute atomic E-state index is 0. The maximum Gasteiger partial charge on any atom is 0.182 e. The highest BCUT2D eigenvalue weighted by atomic mass is 16.5. The van der Waals surface area contributed by atoms with E-state index in [1.807, 2.05) is 18.2 Å². The molecule has 0 spiro atoms. The average molecular weight is 275 g/mol. The van der Waals surface area contributed by atoms with Crippen molar-refractivity contribution in [3.8, 4) is 0 Å². The third kappa shape index (κ3) is 3.18. The Hall–Kier alpha value is -1.85. The van der Waals surface area contributed by atoms with Gasteiger partial charge in [-0.25, -0.2) is 0 Å². The molecule has 20 heavy (non-hydrogen) atoms. The third-order valence-corrected chi connectivity index (χ3v) is 3.49. The Kier molecular flexibility index (Phi) is 4.30. The van der Waals surface area contributed by atoms with Crippen LogP contribution in [0.1, 0.15) is 6.99 Å². The Morgan fingerprint density at radius 3 is 3.10 bits per heavy atom. The van der Waals surface area contributed by atoms with Crippen molar-refractivity contribution in [1.82, 2.24) is 10.3 Å². The van der Waals surface area contributed by atoms with Gasteiger partial charge in [0.15, 0.2) is 12.2 Å². The van der Waals surface area contributed by atoms with E-state index < -0.39 is 0 Å². The van der Waals surface area contributed by atoms with E-state index in [2.05, 4.69) is 27.3 Å². The van der Waals surface area contributed by atoms with Crippen LogP contribution in [0.25, 0.3) is 0 Å². The predicted octanol–water partition coefficient (Wildman–Crippen LogP) is 1.92. The highest BCUT2D eigenvalue weighted by Crippen LogP contribution is 2.16. The van der Waals surface area contributed by atoms with Crippen LogP contribution in [0.5, 0.6) is 0 Å². The smallest absolute Gasteiger partial charge is 0.182 e. The molecular formula is C15H21N3O2. The summed E-state index contributed by atoms with van der Waals surface area (Å²) in [7, 11) is 0. The SMILES string of the molecule is [HH].c1ccc(COCC2CNCCN2c2cocn2)cc1. The van der Waals surface area contributed by atoms with Crippen molar-refractivity contribution in [3.05, 3.63) is 48.6 Å². The number of aromatic nitrogens is 1. The lowest BCUT2D eigenvalue weighted by atomic mass is 10.2. The first-order chi connectivity index (χ1) is 9.93. The molecule has 1 aliphatic rings. The predicted molar refractivity (Wildman–Crippen MR) is 78.7 cm³/mol. The van der Waals surface area contributed by atoms with Gasteiger partial charge in [-0.05, 0) is 5.56 Å². The van der Waals surface area contributed by atoms with Gasteiger partial charge in [0.25, 0.3) is 0 Å². The van der Waals surface area contributed by atoms with Crippen LogP contribution in [-0.2, 0) is 11.3 Å². The first-order valence-corrected chi connectivity index (χ1v) is 6.91. The van der Waals surface area contributed by atoms with E-state index >= 15 is 0 Å². The fraction of sp³-hybridized carbons (Fsp3) is 0.400. The highest BCUT2D eigenvalue weighted by Gasteiger charge is 2.24. The largest absolute Gasteiger partial charge is 0.449 e. The van der Waals surface area contributed by atoms with Crippen LogP contribution in [0.15, 0.2) is 47.4 Å². The van der Waals surface area contributed by atoms with E-state index in [1.165, 1.54) is 12.0 Å². The maximum atomic E-state index is 5.85. The molecule has 1 unspecified atom stereocenters. The summed E-state index contributed by atoms with van der Waals surface area (Å²) >= 11 is 0. The van der Waals surface area contributed by atoms with Crippen molar-refractivity contribution in [1.29, 1.82) is 0 Å². The molecule has 1 aromatic heterocycles. The normalized spacial score (nSPS) is 19.2. The lowest BCUT2D eigenvalue weighted by molar-refractivity contribution is 0.102. The highest BCUT2D eigenvalue weighted by molar-refractivity contribution is 5.37. The van der Waals surface area contributed by atoms with Crippen LogP contribution < -0.4 is 10.2 Å². The quantitative estimate of drug-likeness (QED) is 0.903. The fourth-order valence-electron chi connectivity index (χ4n) is 2.45. The van der Waals surface area contributed by atoms with Crippen molar-refractivity contribution in [3.63, 3.8) is 0 Å². The summed E-state index contributed by atoms with van der Waals surface area (Å²) in [5.74, 6) is 0.889. The van der Waals surface area contributed by atoms with Crippen molar-refractivity contribution < 1.29 is 10.6 Å². The molecule has 5 heteroatoms. The van der Waals surface area contributed by atoms with Crippen molar-refractivity contribution in [2.45, 2.75) is 12.6 Å². The number of ether oxygens (including phenoxy) is 1. The summed E-state index contributed by atoms with van der Waals surface area (Å²) < 4.78 is 10.9. The Labute approximate surface area is 120 Å². The molecule has 2 heterocycles. The second-order valence-corrected chi connectivity index (χ2v) is 4.90. The molecule has 1 aromatic carbocycles. The van der Waals surface area contributed by atoms with Gasteiger partial charge < -0.3 is 19.4 Å². The molecule has 1 aliphatic heterocycles. The van der Waals surface area contributed by atoms with Crippen LogP contribution in [-0.4, -0.2) is 37.3 Å². The molecule has 0 bridgehead atoms. The number of anilines is 1. The van der Waals surface area contributed by atoms with Gasteiger partial charge in [0.05, 0.1) is 19.3 Å². The van der Waals surface area contributed by atoms with Crippen molar-refractivity contribution in [2.24, 2.45) is 0 Å². The van der Waals surface area contributed by atoms with E-state index in [0.29, 0.717) is 13.2 Å². The summed E-state index contributed by atoms with van der Waals surface area (Å²) in [5.41, 5.74) is 1.20. The molecule has 1 fully saturated rings. The number of benzene rings is 1. The molecule has 1 atom stereocenters. The minimum Gasteiger partial charge on any atom is -0.449 e. The van der Waals surface area contributed by atoms with Gasteiger partial charge >= 0.3 is 0 Å². The molecular weight excluding hydrogens is 254 g/mol. The monoisotopic (exact) mass is 275 g/mol. The van der Waals surface area contributed by atoms with Crippen LogP contribution in [0, 0.1) is 0 Å². The van der Waals surface area contributed by atoms with Gasteiger partial charge in [-0.1, -0.05) is 30.3 Å². The van der Waals surface area contributed by atoms with E-state index in [-0.39, 0.29) is 7.47 Å². The van der Waals surface area contributed by atoms with Gasteiger partial charge in [0.1, 0.15) is 6.26 Å². The van der Waals surface area contributed by atoms with E-state index in [9.17, 15) is 0 Å². The Morgan fingerprint density at radius 2 is 2.30 bits per heavy atom. The molecule has 1 N–H and O–H groups in total. The first kappa shape index (κ1) is 13.1. The minimum atomic E-state index is 0. The molecule has 0 aliphatic carbocycles. The lowest BCUT2D eigenvalue weighted by Crippen LogP contribution is -2.53. The van der Waals surface area contributed by atoms with Gasteiger partial charge in [-0.15, -0.1) is 0 Å². The number of piperazine rings is 1. The van der Waals surface area contributed by atoms with Crippen LogP contribution in [0.3, 0.4) is 0 Å². The van der Waals surface area contributed by atoms with Crippen LogP contribution >= 0.6 is 0 Å². The van der Waals surface area contributed by atoms with Gasteiger partial charge in [0, 0.05) is 21.1 Å². The van der Waals surface area contributed by atoms with Gasteiger partial charge in [-0.3, -0.25) is 0 Å². The molecule has 3 rings (SSSR count). The summed E-state index contributed by atoms with van der Waals surface area (Å²) in [5, 5.41) is 3.40. The summed E-state index contributed by atoms with van der Waals surface area (Å²) in [6.07, 6.45) is 3.16. The number of hydrogen-bond acceptors (Lipinski definition) is 5. The van der Waals surface area contributed by atoms with Crippen LogP contribution in [0.2, 0.25) is 0 Å². The summed E-state index contributed by atoms with van der Waals surface area (Å²) in [4.78, 5) is 6.47. The number of rotatable bonds is 5. The zero-order chi connectivity index (χ0) is 13.6. The Balaban J connectivity index is 0.00000161. The molecule has 108 valence electrons. The number of oxazole rings is 1. The standard InChI is InChI=1S/C15H19N3O2.H2/c1-2-4-13(5-3-1)9-19-10-14-8-16-6-7-18(14)15-11-20-12-17-15;/h1-5,11-12,14,16H,6-10H2;1H. The molecule has 0 radical (unpaired) electrons. The summed E-state index contributed by atoms with van der Waals surface area (Å²) in [6.45, 7) is 4.11. The molecule has 1 saturated heterocycles. The first-order valence-electron chi connectivity index (χ1n) is 6.91. The Morgan fingerprint density at radius 1 is 1.40 bits per heavy atom. The summed E-state index contributed by atoms with van der Waals surface area (Å²) in [6, 6.07) is 10.5. The fourth-order valence-corrected chi connectivity index (χ4v) is 2.45. The number of hydrogen-bond donors (Lipinski definition) is 1. The lowest BCUT2D eigenvalue weighted by Gasteiger charge is -2.35. The van der Waals surface area contributed by atoms with Crippen molar-refractivity contribution in [2.75, 3.05) is 31.1 Å². The second-order valence-electron chi connectivity index (χ2n) is 4.90. The number of nitrogens with one attached hydrogen (secondary N) is 1. The second kappa shape index (κ2) is 6.54. The van der Waals surface area contributed by atoms with E-state index in [0.717, 1.165) is 25.5 Å². The molecule has 5 nitrogen and oxygen atoms in total. The van der Waals surface area contributed by atoms with E-state index in [1.54, 1.807) is 6.26 Å². The molecule has 0 amide bonds. The maximum absolute atomic E-state index is 5.85. The van der Waals surface area contributed by atoms with E-state index in [4.69, 9.17) is 9.15 Å². The van der Waals surface area contributed by atoms with Crippen molar-refractivity contribution >= 4 is 5.82 Å². The topological polar surface area (TPSA) is 50.5 Å².